The van der Waals surface area contributed by atoms with E-state index in [-0.39, 0.29) is 5.57 Å². The molecule has 0 amide bonds. The molecule has 0 saturated heterocycles. The van der Waals surface area contributed by atoms with Crippen LogP contribution in [0.5, 0.6) is 0 Å². The Morgan fingerprint density at radius 1 is 0.750 bits per heavy atom. The van der Waals surface area contributed by atoms with Gasteiger partial charge < -0.3 is 10.0 Å². The Bertz CT molecular complexity index is 1850. The average molecular weight is 557 g/mol. The summed E-state index contributed by atoms with van der Waals surface area (Å²) in [6.07, 6.45) is 1.39. The lowest BCUT2D eigenvalue weighted by molar-refractivity contribution is -0.132. The van der Waals surface area contributed by atoms with Gasteiger partial charge in [0.15, 0.2) is 0 Å². The molecule has 40 heavy (non-hydrogen) atoms. The summed E-state index contributed by atoms with van der Waals surface area (Å²) in [5.41, 5.74) is 7.43. The number of hydrogen-bond acceptors (Lipinski definition) is 7. The van der Waals surface area contributed by atoms with E-state index in [1.54, 1.807) is 6.07 Å². The van der Waals surface area contributed by atoms with E-state index in [0.717, 1.165) is 61.4 Å². The third kappa shape index (κ3) is 4.87. The minimum Gasteiger partial charge on any atom is -0.477 e. The number of aliphatic carboxylic acids is 1. The molecular weight excluding hydrogens is 537 g/mol. The normalized spacial score (nSPS) is 11.3. The van der Waals surface area contributed by atoms with Crippen molar-refractivity contribution < 1.29 is 9.90 Å². The van der Waals surface area contributed by atoms with E-state index in [0.29, 0.717) is 4.88 Å². The number of para-hydroxylation sites is 2. The van der Waals surface area contributed by atoms with Gasteiger partial charge in [-0.3, -0.25) is 0 Å². The Balaban J connectivity index is 1.36. The highest BCUT2D eigenvalue weighted by Gasteiger charge is 2.17. The van der Waals surface area contributed by atoms with Crippen molar-refractivity contribution >= 4 is 63.2 Å². The van der Waals surface area contributed by atoms with Crippen LogP contribution in [0.2, 0.25) is 0 Å². The Morgan fingerprint density at radius 2 is 1.32 bits per heavy atom. The molecule has 0 bridgehead atoms. The molecular formula is C32H20N4O2S2. The Hall–Kier alpha value is -5.10. The number of nitrogens with zero attached hydrogens (tertiary/aromatic N) is 4. The molecule has 0 fully saturated rings. The fourth-order valence-corrected chi connectivity index (χ4v) is 6.10. The highest BCUT2D eigenvalue weighted by Crippen LogP contribution is 2.39. The van der Waals surface area contributed by atoms with E-state index in [9.17, 15) is 4.79 Å². The van der Waals surface area contributed by atoms with Crippen molar-refractivity contribution in [3.8, 4) is 27.6 Å². The molecule has 0 spiro atoms. The van der Waals surface area contributed by atoms with Crippen molar-refractivity contribution in [3.63, 3.8) is 0 Å². The number of rotatable bonds is 7. The molecule has 0 saturated carbocycles. The van der Waals surface area contributed by atoms with E-state index in [1.807, 2.05) is 60.7 Å². The predicted molar refractivity (Wildman–Crippen MR) is 162 cm³/mol. The number of hydrogen-bond donors (Lipinski definition) is 1. The summed E-state index contributed by atoms with van der Waals surface area (Å²) in [5, 5.41) is 18.3. The van der Waals surface area contributed by atoms with Gasteiger partial charge in [0, 0.05) is 37.9 Å². The molecule has 6 rings (SSSR count). The Labute approximate surface area is 238 Å². The standard InChI is InChI=1S/C32H20N4O2S2/c33-20-22(32(37)38)19-26-15-18-29(39-26)28-17-16-27(30-31(28)35-40-34-30)21-11-13-25(14-12-21)36(23-7-3-1-4-8-23)24-9-5-2-6-10-24/h1-19H,(H,37,38)/b22-19-. The lowest BCUT2D eigenvalue weighted by Gasteiger charge is -2.25. The van der Waals surface area contributed by atoms with Crippen LogP contribution in [-0.2, 0) is 4.79 Å². The minimum absolute atomic E-state index is 0.300. The van der Waals surface area contributed by atoms with Gasteiger partial charge in [0.25, 0.3) is 0 Å². The lowest BCUT2D eigenvalue weighted by Crippen LogP contribution is -2.09. The number of aromatic nitrogens is 2. The van der Waals surface area contributed by atoms with Crippen LogP contribution in [0, 0.1) is 11.3 Å². The Morgan fingerprint density at radius 3 is 1.93 bits per heavy atom. The van der Waals surface area contributed by atoms with Gasteiger partial charge in [-0.05, 0) is 60.2 Å². The van der Waals surface area contributed by atoms with Crippen LogP contribution in [0.1, 0.15) is 4.88 Å². The zero-order valence-corrected chi connectivity index (χ0v) is 22.6. The lowest BCUT2D eigenvalue weighted by atomic mass is 10.0. The van der Waals surface area contributed by atoms with Crippen LogP contribution in [0.3, 0.4) is 0 Å². The molecule has 1 N–H and O–H groups in total. The molecule has 0 aliphatic rings. The van der Waals surface area contributed by atoms with Gasteiger partial charge in [-0.25, -0.2) is 4.79 Å². The van der Waals surface area contributed by atoms with Gasteiger partial charge in [0.05, 0.1) is 11.7 Å². The maximum absolute atomic E-state index is 11.2. The van der Waals surface area contributed by atoms with Crippen LogP contribution >= 0.6 is 23.1 Å². The number of thiophene rings is 1. The van der Waals surface area contributed by atoms with Crippen molar-refractivity contribution in [1.82, 2.24) is 8.75 Å². The fraction of sp³-hybridized carbons (Fsp3) is 0. The smallest absolute Gasteiger partial charge is 0.346 e. The van der Waals surface area contributed by atoms with Crippen molar-refractivity contribution in [2.24, 2.45) is 0 Å². The van der Waals surface area contributed by atoms with Gasteiger partial charge in [0.1, 0.15) is 22.7 Å². The van der Waals surface area contributed by atoms with Crippen molar-refractivity contribution in [3.05, 3.63) is 120 Å². The second-order valence-electron chi connectivity index (χ2n) is 8.85. The number of anilines is 3. The average Bonchev–Trinajstić information content (AvgIpc) is 3.67. The van der Waals surface area contributed by atoms with Crippen molar-refractivity contribution in [2.45, 2.75) is 0 Å². The van der Waals surface area contributed by atoms with Gasteiger partial charge in [-0.1, -0.05) is 60.7 Å². The number of benzene rings is 4. The summed E-state index contributed by atoms with van der Waals surface area (Å²) in [7, 11) is 0. The van der Waals surface area contributed by atoms with E-state index in [4.69, 9.17) is 10.4 Å². The summed E-state index contributed by atoms with van der Waals surface area (Å²) in [6, 6.07) is 38.5. The van der Waals surface area contributed by atoms with E-state index >= 15 is 0 Å². The quantitative estimate of drug-likeness (QED) is 0.156. The Kier molecular flexibility index (Phi) is 6.89. The fourth-order valence-electron chi connectivity index (χ4n) is 4.55. The van der Waals surface area contributed by atoms with Gasteiger partial charge in [-0.2, -0.15) is 14.0 Å². The third-order valence-electron chi connectivity index (χ3n) is 6.41. The largest absolute Gasteiger partial charge is 0.477 e. The topological polar surface area (TPSA) is 90.1 Å². The molecule has 0 unspecified atom stereocenters. The number of carboxylic acid groups (broad SMARTS) is 1. The van der Waals surface area contributed by atoms with Crippen LogP contribution < -0.4 is 4.90 Å². The number of carbonyl (C=O) groups is 1. The van der Waals surface area contributed by atoms with Gasteiger partial charge in [-0.15, -0.1) is 11.3 Å². The first kappa shape index (κ1) is 25.2. The third-order valence-corrected chi connectivity index (χ3v) is 8.00. The number of fused-ring (bicyclic) bond motifs is 1. The summed E-state index contributed by atoms with van der Waals surface area (Å²) < 4.78 is 9.21. The van der Waals surface area contributed by atoms with Gasteiger partial charge in [0.2, 0.25) is 0 Å². The summed E-state index contributed by atoms with van der Waals surface area (Å²) in [6.45, 7) is 0. The molecule has 192 valence electrons. The van der Waals surface area contributed by atoms with Crippen LogP contribution in [0.15, 0.2) is 115 Å². The van der Waals surface area contributed by atoms with Crippen LogP contribution in [-0.4, -0.2) is 19.8 Å². The molecule has 2 heterocycles. The molecule has 8 heteroatoms. The molecule has 0 atom stereocenters. The highest BCUT2D eigenvalue weighted by atomic mass is 32.1. The zero-order chi connectivity index (χ0) is 27.5. The van der Waals surface area contributed by atoms with Crippen LogP contribution in [0.25, 0.3) is 38.7 Å². The molecule has 0 aliphatic heterocycles. The van der Waals surface area contributed by atoms with Crippen molar-refractivity contribution in [2.75, 3.05) is 4.90 Å². The second-order valence-corrected chi connectivity index (χ2v) is 10.5. The monoisotopic (exact) mass is 556 g/mol. The first-order valence-corrected chi connectivity index (χ1v) is 13.9. The number of nitriles is 1. The number of carboxylic acids is 1. The minimum atomic E-state index is -1.24. The molecule has 2 aromatic heterocycles. The van der Waals surface area contributed by atoms with Crippen molar-refractivity contribution in [1.29, 1.82) is 5.26 Å². The molecule has 6 aromatic rings. The summed E-state index contributed by atoms with van der Waals surface area (Å²) in [5.74, 6) is -1.24. The van der Waals surface area contributed by atoms with Crippen LogP contribution in [0.4, 0.5) is 17.1 Å². The molecule has 4 aromatic carbocycles. The summed E-state index contributed by atoms with van der Waals surface area (Å²) in [4.78, 5) is 15.1. The zero-order valence-electron chi connectivity index (χ0n) is 20.9. The van der Waals surface area contributed by atoms with E-state index < -0.39 is 5.97 Å². The van der Waals surface area contributed by atoms with Gasteiger partial charge >= 0.3 is 5.97 Å². The highest BCUT2D eigenvalue weighted by molar-refractivity contribution is 7.16. The summed E-state index contributed by atoms with van der Waals surface area (Å²) >= 11 is 2.57. The molecule has 0 aliphatic carbocycles. The maximum Gasteiger partial charge on any atom is 0.346 e. The first-order chi connectivity index (χ1) is 19.6. The maximum atomic E-state index is 11.2. The molecule has 6 nitrogen and oxygen atoms in total. The SMILES string of the molecule is N#C/C(=C/c1ccc(-c2ccc(-c3ccc(N(c4ccccc4)c4ccccc4)cc3)c3nsnc23)s1)C(=O)O. The van der Waals surface area contributed by atoms with E-state index in [2.05, 4.69) is 62.2 Å². The van der Waals surface area contributed by atoms with E-state index in [1.165, 1.54) is 17.4 Å². The second kappa shape index (κ2) is 10.9. The predicted octanol–water partition coefficient (Wildman–Crippen LogP) is 8.55. The first-order valence-electron chi connectivity index (χ1n) is 12.3. The molecule has 0 radical (unpaired) electrons.